The van der Waals surface area contributed by atoms with Gasteiger partial charge in [-0.15, -0.1) is 6.42 Å². The average molecular weight is 600 g/mol. The summed E-state index contributed by atoms with van der Waals surface area (Å²) in [4.78, 5) is 52.9. The van der Waals surface area contributed by atoms with Crippen molar-refractivity contribution in [3.05, 3.63) is 11.6 Å². The lowest BCUT2D eigenvalue weighted by Gasteiger charge is -2.58. The summed E-state index contributed by atoms with van der Waals surface area (Å²) in [6.07, 6.45) is 14.4. The number of hydrogen-bond donors (Lipinski definition) is 5. The van der Waals surface area contributed by atoms with Crippen LogP contribution in [-0.2, 0) is 24.0 Å². The second-order valence-electron chi connectivity index (χ2n) is 13.6. The number of allylic oxidation sites excluding steroid dienone is 2. The predicted molar refractivity (Wildman–Crippen MR) is 157 cm³/mol. The van der Waals surface area contributed by atoms with E-state index in [4.69, 9.17) is 16.4 Å². The molecular weight excluding hydrogens is 554 g/mol. The molecule has 0 radical (unpaired) electrons. The molecule has 4 aliphatic carbocycles. The van der Waals surface area contributed by atoms with E-state index in [2.05, 4.69) is 41.6 Å². The summed E-state index contributed by atoms with van der Waals surface area (Å²) in [5.41, 5.74) is 0.909. The van der Waals surface area contributed by atoms with E-state index in [9.17, 15) is 29.4 Å². The van der Waals surface area contributed by atoms with Gasteiger partial charge in [0.05, 0.1) is 12.1 Å². The number of terminal acetylenes is 1. The first kappa shape index (κ1) is 32.5. The molecule has 0 aromatic rings. The van der Waals surface area contributed by atoms with E-state index in [0.717, 1.165) is 44.2 Å². The van der Waals surface area contributed by atoms with E-state index in [-0.39, 0.29) is 10.8 Å². The van der Waals surface area contributed by atoms with Crippen LogP contribution in [0.4, 0.5) is 0 Å². The second kappa shape index (κ2) is 12.3. The van der Waals surface area contributed by atoms with Crippen molar-refractivity contribution >= 4 is 29.5 Å². The van der Waals surface area contributed by atoms with Crippen LogP contribution in [0.3, 0.4) is 0 Å². The Labute approximate surface area is 252 Å². The predicted octanol–water partition coefficient (Wildman–Crippen LogP) is 2.87. The molecule has 2 amide bonds. The van der Waals surface area contributed by atoms with Gasteiger partial charge in [0.25, 0.3) is 5.91 Å². The van der Waals surface area contributed by atoms with Gasteiger partial charge >= 0.3 is 11.9 Å². The van der Waals surface area contributed by atoms with Crippen LogP contribution < -0.4 is 10.6 Å². The molecule has 3 saturated carbocycles. The average Bonchev–Trinajstić information content (AvgIpc) is 3.21. The molecular formula is C32H45N3O8. The molecule has 4 aliphatic rings. The van der Waals surface area contributed by atoms with Crippen molar-refractivity contribution in [2.24, 2.45) is 39.7 Å². The third kappa shape index (κ3) is 6.17. The van der Waals surface area contributed by atoms with Crippen LogP contribution in [0.15, 0.2) is 16.8 Å². The van der Waals surface area contributed by atoms with Crippen LogP contribution in [0, 0.1) is 46.8 Å². The molecule has 0 bridgehead atoms. The standard InChI is InChI=1S/C32H45N3O8/c1-6-32(42)14-11-23-21-8-7-19-15-20(9-12-30(19,4)22(21)10-13-31(23,32)5)35-43-17-25(36)34-27(18(2)3)28(39)33-24(29(40)41)16-26(37)38/h1,15,18,21-24,27,42H,7-14,16-17H2,2-5H3,(H,33,39)(H,34,36)(H,37,38)(H,40,41)/b35-20+/t21-,22+,23+,24-,27-,30+,31+,32-/m1/s1. The number of rotatable bonds is 10. The summed E-state index contributed by atoms with van der Waals surface area (Å²) in [5.74, 6) is -0.430. The maximum Gasteiger partial charge on any atom is 0.326 e. The highest BCUT2D eigenvalue weighted by atomic mass is 16.6. The molecule has 0 aromatic heterocycles. The van der Waals surface area contributed by atoms with Gasteiger partial charge in [0.1, 0.15) is 17.7 Å². The largest absolute Gasteiger partial charge is 0.481 e. The Morgan fingerprint density at radius 3 is 2.40 bits per heavy atom. The fraction of sp³-hybridized carbons (Fsp3) is 0.719. The van der Waals surface area contributed by atoms with Crippen LogP contribution in [0.25, 0.3) is 0 Å². The molecule has 8 atom stereocenters. The van der Waals surface area contributed by atoms with E-state index in [0.29, 0.717) is 30.6 Å². The Morgan fingerprint density at radius 1 is 1.07 bits per heavy atom. The molecule has 11 heteroatoms. The highest BCUT2D eigenvalue weighted by Crippen LogP contribution is 2.67. The number of aliphatic carboxylic acids is 2. The highest BCUT2D eigenvalue weighted by molar-refractivity contribution is 5.96. The van der Waals surface area contributed by atoms with E-state index in [1.54, 1.807) is 13.8 Å². The van der Waals surface area contributed by atoms with Gasteiger partial charge in [-0.1, -0.05) is 44.3 Å². The molecule has 4 rings (SSSR count). The highest BCUT2D eigenvalue weighted by Gasteiger charge is 2.63. The summed E-state index contributed by atoms with van der Waals surface area (Å²) in [6.45, 7) is 7.46. The second-order valence-corrected chi connectivity index (χ2v) is 13.6. The SMILES string of the molecule is C#C[C@@]1(O)CC[C@H]2[C@@H]3CCC4=C/C(=N/OCC(=O)N[C@@H](C(=O)N[C@H](CC(=O)O)C(=O)O)C(C)C)CC[C@]4(C)[C@H]3CC[C@@]21C. The van der Waals surface area contributed by atoms with Crippen molar-refractivity contribution in [1.82, 2.24) is 10.6 Å². The number of carboxylic acid groups (broad SMARTS) is 2. The Kier molecular flexibility index (Phi) is 9.31. The minimum atomic E-state index is -1.62. The maximum absolute atomic E-state index is 12.6. The van der Waals surface area contributed by atoms with Gasteiger partial charge in [0.2, 0.25) is 5.91 Å². The normalized spacial score (nSPS) is 35.3. The quantitative estimate of drug-likeness (QED) is 0.188. The van der Waals surface area contributed by atoms with Gasteiger partial charge in [-0.3, -0.25) is 14.4 Å². The molecule has 236 valence electrons. The topological polar surface area (TPSA) is 175 Å². The zero-order valence-corrected chi connectivity index (χ0v) is 25.5. The van der Waals surface area contributed by atoms with Crippen LogP contribution >= 0.6 is 0 Å². The fourth-order valence-electron chi connectivity index (χ4n) is 8.46. The molecule has 3 fully saturated rings. The van der Waals surface area contributed by atoms with E-state index in [1.165, 1.54) is 5.57 Å². The number of carbonyl (C=O) groups is 4. The number of nitrogens with one attached hydrogen (secondary N) is 2. The molecule has 0 unspecified atom stereocenters. The Bertz CT molecular complexity index is 1250. The number of carboxylic acids is 2. The number of fused-ring (bicyclic) bond motifs is 5. The zero-order valence-electron chi connectivity index (χ0n) is 25.5. The lowest BCUT2D eigenvalue weighted by molar-refractivity contribution is -0.147. The lowest BCUT2D eigenvalue weighted by atomic mass is 9.46. The monoisotopic (exact) mass is 599 g/mol. The Morgan fingerprint density at radius 2 is 1.77 bits per heavy atom. The molecule has 5 N–H and O–H groups in total. The minimum absolute atomic E-state index is 0.0454. The van der Waals surface area contributed by atoms with Gasteiger partial charge < -0.3 is 30.8 Å². The first-order valence-corrected chi connectivity index (χ1v) is 15.3. The van der Waals surface area contributed by atoms with Gasteiger partial charge in [0.15, 0.2) is 6.61 Å². The summed E-state index contributed by atoms with van der Waals surface area (Å²) >= 11 is 0. The molecule has 0 aromatic carbocycles. The van der Waals surface area contributed by atoms with Crippen LogP contribution in [0.2, 0.25) is 0 Å². The first-order chi connectivity index (χ1) is 20.1. The number of hydrogen-bond acceptors (Lipinski definition) is 7. The van der Waals surface area contributed by atoms with Crippen molar-refractivity contribution in [3.63, 3.8) is 0 Å². The third-order valence-corrected chi connectivity index (χ3v) is 11.0. The number of amides is 2. The van der Waals surface area contributed by atoms with E-state index >= 15 is 0 Å². The van der Waals surface area contributed by atoms with Gasteiger partial charge in [-0.25, -0.2) is 4.79 Å². The zero-order chi connectivity index (χ0) is 31.7. The van der Waals surface area contributed by atoms with Crippen molar-refractivity contribution in [2.75, 3.05) is 6.61 Å². The summed E-state index contributed by atoms with van der Waals surface area (Å²) in [5, 5.41) is 38.3. The summed E-state index contributed by atoms with van der Waals surface area (Å²) in [6, 6.07) is -2.70. The fourth-order valence-corrected chi connectivity index (χ4v) is 8.46. The Hall–Kier alpha value is -3.39. The summed E-state index contributed by atoms with van der Waals surface area (Å²) in [7, 11) is 0. The molecule has 0 heterocycles. The van der Waals surface area contributed by atoms with E-state index < -0.39 is 60.4 Å². The van der Waals surface area contributed by atoms with Crippen LogP contribution in [0.5, 0.6) is 0 Å². The maximum atomic E-state index is 12.6. The van der Waals surface area contributed by atoms with Crippen molar-refractivity contribution in [3.8, 4) is 12.3 Å². The van der Waals surface area contributed by atoms with E-state index in [1.807, 2.05) is 0 Å². The lowest BCUT2D eigenvalue weighted by Crippen LogP contribution is -2.54. The van der Waals surface area contributed by atoms with Crippen molar-refractivity contribution in [2.45, 2.75) is 103 Å². The first-order valence-electron chi connectivity index (χ1n) is 15.3. The number of aliphatic hydroxyl groups is 1. The van der Waals surface area contributed by atoms with Crippen LogP contribution in [-0.4, -0.2) is 69.1 Å². The molecule has 43 heavy (non-hydrogen) atoms. The van der Waals surface area contributed by atoms with Gasteiger partial charge in [-0.2, -0.15) is 0 Å². The third-order valence-electron chi connectivity index (χ3n) is 11.0. The van der Waals surface area contributed by atoms with Crippen LogP contribution in [0.1, 0.15) is 85.5 Å². The molecule has 0 saturated heterocycles. The summed E-state index contributed by atoms with van der Waals surface area (Å²) < 4.78 is 0. The van der Waals surface area contributed by atoms with Crippen molar-refractivity contribution < 1.29 is 39.3 Å². The number of nitrogens with zero attached hydrogens (tertiary/aromatic N) is 1. The number of carbonyl (C=O) groups excluding carboxylic acids is 2. The minimum Gasteiger partial charge on any atom is -0.481 e. The van der Waals surface area contributed by atoms with Gasteiger partial charge in [-0.05, 0) is 86.5 Å². The molecule has 0 spiro atoms. The molecule has 11 nitrogen and oxygen atoms in total. The van der Waals surface area contributed by atoms with Gasteiger partial charge in [0, 0.05) is 5.41 Å². The smallest absolute Gasteiger partial charge is 0.326 e. The Balaban J connectivity index is 1.35. The molecule has 0 aliphatic heterocycles. The number of oxime groups is 1. The van der Waals surface area contributed by atoms with Crippen molar-refractivity contribution in [1.29, 1.82) is 0 Å².